The number of carbonyl (C=O) groups excluding carboxylic acids is 1. The molecule has 0 unspecified atom stereocenters. The van der Waals surface area contributed by atoms with E-state index in [0.29, 0.717) is 50.8 Å². The fraction of sp³-hybridized carbons (Fsp3) is 0.458. The molecular formula is C24H32N4O4S. The molecule has 0 spiro atoms. The Morgan fingerprint density at radius 1 is 0.848 bits per heavy atom. The molecule has 0 aromatic heterocycles. The van der Waals surface area contributed by atoms with Crippen LogP contribution in [0.15, 0.2) is 59.5 Å². The number of morpholine rings is 1. The number of amides is 2. The average Bonchev–Trinajstić information content (AvgIpc) is 2.85. The molecule has 0 saturated carbocycles. The highest BCUT2D eigenvalue weighted by Crippen LogP contribution is 2.19. The van der Waals surface area contributed by atoms with Crippen molar-refractivity contribution in [2.75, 3.05) is 59.5 Å². The maximum atomic E-state index is 12.9. The van der Waals surface area contributed by atoms with Gasteiger partial charge in [0.15, 0.2) is 0 Å². The maximum Gasteiger partial charge on any atom is 0.320 e. The van der Waals surface area contributed by atoms with E-state index in [9.17, 15) is 13.2 Å². The van der Waals surface area contributed by atoms with Gasteiger partial charge >= 0.3 is 6.03 Å². The van der Waals surface area contributed by atoms with Crippen molar-refractivity contribution < 1.29 is 17.9 Å². The normalized spacial score (nSPS) is 18.0. The molecule has 2 amide bonds. The molecule has 9 heteroatoms. The van der Waals surface area contributed by atoms with E-state index in [1.807, 2.05) is 52.3 Å². The first-order valence-corrected chi connectivity index (χ1v) is 12.8. The number of piperazine rings is 1. The zero-order valence-corrected chi connectivity index (χ0v) is 19.9. The summed E-state index contributed by atoms with van der Waals surface area (Å²) in [5.74, 6) is 0. The molecule has 2 fully saturated rings. The van der Waals surface area contributed by atoms with Gasteiger partial charge < -0.3 is 14.5 Å². The van der Waals surface area contributed by atoms with Gasteiger partial charge in [0, 0.05) is 59.4 Å². The zero-order valence-electron chi connectivity index (χ0n) is 19.1. The fourth-order valence-electron chi connectivity index (χ4n) is 4.18. The average molecular weight is 473 g/mol. The predicted molar refractivity (Wildman–Crippen MR) is 126 cm³/mol. The first-order valence-electron chi connectivity index (χ1n) is 11.4. The molecule has 2 aromatic rings. The monoisotopic (exact) mass is 472 g/mol. The van der Waals surface area contributed by atoms with Crippen LogP contribution >= 0.6 is 0 Å². The summed E-state index contributed by atoms with van der Waals surface area (Å²) < 4.78 is 32.6. The van der Waals surface area contributed by atoms with Gasteiger partial charge in [-0.1, -0.05) is 42.5 Å². The summed E-state index contributed by atoms with van der Waals surface area (Å²) in [6.45, 7) is 6.62. The van der Waals surface area contributed by atoms with Crippen molar-refractivity contribution in [1.82, 2.24) is 19.0 Å². The Hall–Kier alpha value is -2.46. The van der Waals surface area contributed by atoms with E-state index in [1.165, 1.54) is 4.31 Å². The van der Waals surface area contributed by atoms with Crippen LogP contribution in [0.1, 0.15) is 11.1 Å². The van der Waals surface area contributed by atoms with Gasteiger partial charge in [0.05, 0.1) is 18.1 Å². The van der Waals surface area contributed by atoms with Gasteiger partial charge in [0.1, 0.15) is 0 Å². The van der Waals surface area contributed by atoms with Gasteiger partial charge in [0.25, 0.3) is 0 Å². The van der Waals surface area contributed by atoms with Crippen LogP contribution in [-0.4, -0.2) is 93.0 Å². The number of urea groups is 1. The molecule has 0 radical (unpaired) electrons. The van der Waals surface area contributed by atoms with E-state index in [1.54, 1.807) is 19.2 Å². The lowest BCUT2D eigenvalue weighted by Gasteiger charge is -2.38. The molecule has 2 aromatic carbocycles. The zero-order chi connectivity index (χ0) is 23.3. The first-order chi connectivity index (χ1) is 15.9. The second-order valence-electron chi connectivity index (χ2n) is 8.54. The van der Waals surface area contributed by atoms with Gasteiger partial charge in [-0.05, 0) is 23.3 Å². The number of rotatable bonds is 6. The van der Waals surface area contributed by atoms with Crippen LogP contribution in [0.25, 0.3) is 0 Å². The highest BCUT2D eigenvalue weighted by Gasteiger charge is 2.26. The number of benzene rings is 2. The minimum atomic E-state index is -3.55. The van der Waals surface area contributed by atoms with Gasteiger partial charge in [-0.3, -0.25) is 4.90 Å². The van der Waals surface area contributed by atoms with Crippen molar-refractivity contribution in [3.8, 4) is 0 Å². The van der Waals surface area contributed by atoms with Gasteiger partial charge in [-0.15, -0.1) is 0 Å². The summed E-state index contributed by atoms with van der Waals surface area (Å²) in [6, 6.07) is 16.8. The van der Waals surface area contributed by atoms with Crippen molar-refractivity contribution in [3.63, 3.8) is 0 Å². The first kappa shape index (κ1) is 23.7. The highest BCUT2D eigenvalue weighted by molar-refractivity contribution is 7.89. The Morgan fingerprint density at radius 3 is 2.09 bits per heavy atom. The van der Waals surface area contributed by atoms with Crippen molar-refractivity contribution in [1.29, 1.82) is 0 Å². The van der Waals surface area contributed by atoms with Crippen LogP contribution in [0.3, 0.4) is 0 Å². The quantitative estimate of drug-likeness (QED) is 0.644. The summed E-state index contributed by atoms with van der Waals surface area (Å²) in [5.41, 5.74) is 2.01. The number of ether oxygens (including phenoxy) is 1. The molecule has 2 aliphatic heterocycles. The molecule has 0 N–H and O–H groups in total. The molecular weight excluding hydrogens is 440 g/mol. The fourth-order valence-corrected chi connectivity index (χ4v) is 5.34. The van der Waals surface area contributed by atoms with Crippen molar-refractivity contribution in [3.05, 3.63) is 65.7 Å². The van der Waals surface area contributed by atoms with Crippen molar-refractivity contribution in [2.45, 2.75) is 18.0 Å². The molecule has 8 nitrogen and oxygen atoms in total. The lowest BCUT2D eigenvalue weighted by molar-refractivity contribution is 0.0373. The minimum Gasteiger partial charge on any atom is -0.378 e. The molecule has 0 aliphatic carbocycles. The number of hydrogen-bond acceptors (Lipinski definition) is 5. The second kappa shape index (κ2) is 10.6. The van der Waals surface area contributed by atoms with E-state index >= 15 is 0 Å². The van der Waals surface area contributed by atoms with Crippen molar-refractivity contribution >= 4 is 16.1 Å². The lowest BCUT2D eigenvalue weighted by atomic mass is 10.2. The van der Waals surface area contributed by atoms with Crippen LogP contribution in [0.5, 0.6) is 0 Å². The molecule has 33 heavy (non-hydrogen) atoms. The predicted octanol–water partition coefficient (Wildman–Crippen LogP) is 2.08. The van der Waals surface area contributed by atoms with Crippen LogP contribution in [-0.2, 0) is 27.8 Å². The van der Waals surface area contributed by atoms with Gasteiger partial charge in [-0.25, -0.2) is 13.2 Å². The van der Waals surface area contributed by atoms with Gasteiger partial charge in [-0.2, -0.15) is 4.31 Å². The summed E-state index contributed by atoms with van der Waals surface area (Å²) in [7, 11) is -1.95. The van der Waals surface area contributed by atoms with Crippen LogP contribution in [0.4, 0.5) is 4.79 Å². The van der Waals surface area contributed by atoms with E-state index in [-0.39, 0.29) is 6.03 Å². The van der Waals surface area contributed by atoms with Crippen LogP contribution < -0.4 is 0 Å². The SMILES string of the molecule is CN(Cc1ccccc1)S(=O)(=O)c1ccc(CN2CCN(C(=O)N3CCOCC3)CC2)cc1. The number of hydrogen-bond donors (Lipinski definition) is 0. The molecule has 178 valence electrons. The smallest absolute Gasteiger partial charge is 0.320 e. The Labute approximate surface area is 196 Å². The topological polar surface area (TPSA) is 73.4 Å². The Bertz CT molecular complexity index is 1020. The largest absolute Gasteiger partial charge is 0.378 e. The maximum absolute atomic E-state index is 12.9. The number of sulfonamides is 1. The van der Waals surface area contributed by atoms with Crippen LogP contribution in [0.2, 0.25) is 0 Å². The van der Waals surface area contributed by atoms with E-state index in [0.717, 1.165) is 30.8 Å². The summed E-state index contributed by atoms with van der Waals surface area (Å²) in [5, 5.41) is 0. The second-order valence-corrected chi connectivity index (χ2v) is 10.6. The number of nitrogens with zero attached hydrogens (tertiary/aromatic N) is 4. The van der Waals surface area contributed by atoms with Crippen molar-refractivity contribution in [2.24, 2.45) is 0 Å². The molecule has 4 rings (SSSR count). The Balaban J connectivity index is 1.29. The van der Waals surface area contributed by atoms with E-state index in [2.05, 4.69) is 4.90 Å². The molecule has 0 atom stereocenters. The molecule has 0 bridgehead atoms. The van der Waals surface area contributed by atoms with E-state index in [4.69, 9.17) is 4.74 Å². The summed E-state index contributed by atoms with van der Waals surface area (Å²) >= 11 is 0. The molecule has 2 heterocycles. The Kier molecular flexibility index (Phi) is 7.64. The summed E-state index contributed by atoms with van der Waals surface area (Å²) in [6.07, 6.45) is 0. The van der Waals surface area contributed by atoms with E-state index < -0.39 is 10.0 Å². The Morgan fingerprint density at radius 2 is 1.45 bits per heavy atom. The highest BCUT2D eigenvalue weighted by atomic mass is 32.2. The number of carbonyl (C=O) groups is 1. The van der Waals surface area contributed by atoms with Crippen LogP contribution in [0, 0.1) is 0 Å². The third-order valence-corrected chi connectivity index (χ3v) is 8.03. The third-order valence-electron chi connectivity index (χ3n) is 6.21. The van der Waals surface area contributed by atoms with Gasteiger partial charge in [0.2, 0.25) is 10.0 Å². The lowest BCUT2D eigenvalue weighted by Crippen LogP contribution is -2.54. The standard InChI is InChI=1S/C24H32N4O4S/c1-25(19-21-5-3-2-4-6-21)33(30,31)23-9-7-22(8-10-23)20-26-11-13-27(14-12-26)24(29)28-15-17-32-18-16-28/h2-10H,11-20H2,1H3. The molecule has 2 aliphatic rings. The summed E-state index contributed by atoms with van der Waals surface area (Å²) in [4.78, 5) is 19.0. The third kappa shape index (κ3) is 5.92. The molecule has 2 saturated heterocycles. The minimum absolute atomic E-state index is 0.104.